The van der Waals surface area contributed by atoms with Gasteiger partial charge in [0, 0.05) is 6.07 Å². The van der Waals surface area contributed by atoms with Crippen LogP contribution in [0.25, 0.3) is 6.08 Å². The molecule has 3 aromatic carbocycles. The summed E-state index contributed by atoms with van der Waals surface area (Å²) in [7, 11) is 0. The van der Waals surface area contributed by atoms with E-state index in [0.717, 1.165) is 11.1 Å². The van der Waals surface area contributed by atoms with Gasteiger partial charge in [0.2, 0.25) is 5.78 Å². The van der Waals surface area contributed by atoms with Gasteiger partial charge in [-0.2, -0.15) is 0 Å². The van der Waals surface area contributed by atoms with Gasteiger partial charge in [-0.05, 0) is 52.4 Å². The number of allylic oxidation sites excluding steroid dienone is 1. The largest absolute Gasteiger partial charge is 0.489 e. The van der Waals surface area contributed by atoms with Gasteiger partial charge in [0.25, 0.3) is 0 Å². The minimum atomic E-state index is -0.282. The van der Waals surface area contributed by atoms with Gasteiger partial charge in [0.05, 0.1) is 5.56 Å². The normalized spacial score (nSPS) is 14.5. The van der Waals surface area contributed by atoms with Crippen LogP contribution in [-0.2, 0) is 12.0 Å². The number of ketones is 1. The maximum atomic E-state index is 13.0. The molecule has 0 fully saturated rings. The molecule has 0 aromatic heterocycles. The fourth-order valence-electron chi connectivity index (χ4n) is 3.24. The highest BCUT2D eigenvalue weighted by Gasteiger charge is 2.27. The van der Waals surface area contributed by atoms with Crippen LogP contribution in [0.3, 0.4) is 0 Å². The zero-order valence-electron chi connectivity index (χ0n) is 17.2. The molecule has 3 aromatic rings. The van der Waals surface area contributed by atoms with Crippen molar-refractivity contribution in [1.29, 1.82) is 0 Å². The van der Waals surface area contributed by atoms with Crippen molar-refractivity contribution in [2.24, 2.45) is 0 Å². The molecule has 0 N–H and O–H groups in total. The summed E-state index contributed by atoms with van der Waals surface area (Å²) in [4.78, 5) is 12.7. The molecule has 1 aliphatic heterocycles. The molecule has 0 amide bonds. The zero-order valence-corrected chi connectivity index (χ0v) is 17.2. The van der Waals surface area contributed by atoms with E-state index in [2.05, 4.69) is 32.9 Å². The number of Topliss-reactive ketones (excluding diaryl/α,β-unsaturated/α-hetero) is 1. The van der Waals surface area contributed by atoms with Gasteiger partial charge in [-0.1, -0.05) is 57.2 Å². The van der Waals surface area contributed by atoms with Crippen LogP contribution in [0.1, 0.15) is 47.8 Å². The van der Waals surface area contributed by atoms with E-state index in [4.69, 9.17) is 9.47 Å². The number of rotatable bonds is 4. The van der Waals surface area contributed by atoms with Gasteiger partial charge in [0.15, 0.2) is 5.76 Å². The van der Waals surface area contributed by atoms with Gasteiger partial charge in [-0.3, -0.25) is 4.79 Å². The van der Waals surface area contributed by atoms with Crippen molar-refractivity contribution >= 4 is 11.9 Å². The van der Waals surface area contributed by atoms with Crippen LogP contribution in [-0.4, -0.2) is 5.78 Å². The lowest BCUT2D eigenvalue weighted by Crippen LogP contribution is -2.10. The number of ether oxygens (including phenoxy) is 2. The molecule has 0 saturated carbocycles. The first-order valence-electron chi connectivity index (χ1n) is 9.86. The highest BCUT2D eigenvalue weighted by molar-refractivity contribution is 6.14. The molecule has 30 heavy (non-hydrogen) atoms. The van der Waals surface area contributed by atoms with Gasteiger partial charge >= 0.3 is 0 Å². The van der Waals surface area contributed by atoms with E-state index in [1.165, 1.54) is 17.7 Å². The highest BCUT2D eigenvalue weighted by atomic mass is 19.1. The molecule has 0 bridgehead atoms. The summed E-state index contributed by atoms with van der Waals surface area (Å²) in [5.74, 6) is 0.936. The van der Waals surface area contributed by atoms with Gasteiger partial charge in [-0.25, -0.2) is 4.39 Å². The lowest BCUT2D eigenvalue weighted by Gasteiger charge is -2.18. The summed E-state index contributed by atoms with van der Waals surface area (Å²) >= 11 is 0. The average Bonchev–Trinajstić information content (AvgIpc) is 3.02. The van der Waals surface area contributed by atoms with Crippen molar-refractivity contribution in [2.45, 2.75) is 32.8 Å². The first-order valence-corrected chi connectivity index (χ1v) is 9.86. The summed E-state index contributed by atoms with van der Waals surface area (Å²) in [5, 5.41) is 0. The smallest absolute Gasteiger partial charge is 0.231 e. The Balaban J connectivity index is 1.48. The molecule has 1 heterocycles. The lowest BCUT2D eigenvalue weighted by atomic mass is 9.86. The second-order valence-corrected chi connectivity index (χ2v) is 8.38. The van der Waals surface area contributed by atoms with Crippen LogP contribution >= 0.6 is 0 Å². The van der Waals surface area contributed by atoms with Crippen LogP contribution in [0.4, 0.5) is 4.39 Å². The molecule has 1 aliphatic rings. The van der Waals surface area contributed by atoms with Crippen molar-refractivity contribution in [1.82, 2.24) is 0 Å². The van der Waals surface area contributed by atoms with E-state index < -0.39 is 0 Å². The minimum Gasteiger partial charge on any atom is -0.489 e. The predicted molar refractivity (Wildman–Crippen MR) is 115 cm³/mol. The minimum absolute atomic E-state index is 0.0753. The second-order valence-electron chi connectivity index (χ2n) is 8.38. The molecule has 0 radical (unpaired) electrons. The Morgan fingerprint density at radius 2 is 1.67 bits per heavy atom. The van der Waals surface area contributed by atoms with E-state index in [-0.39, 0.29) is 17.0 Å². The number of hydrogen-bond acceptors (Lipinski definition) is 3. The molecule has 3 nitrogen and oxygen atoms in total. The molecule has 152 valence electrons. The van der Waals surface area contributed by atoms with E-state index >= 15 is 0 Å². The standard InChI is InChI=1S/C26H23FO3/c1-26(2,3)19-8-4-17(5-9-19)14-24-25(28)22-13-12-21(15-23(22)30-24)29-16-18-6-10-20(27)11-7-18/h4-15H,16H2,1-3H3. The van der Waals surface area contributed by atoms with Crippen LogP contribution in [0.5, 0.6) is 11.5 Å². The summed E-state index contributed by atoms with van der Waals surface area (Å²) in [5.41, 5.74) is 3.59. The van der Waals surface area contributed by atoms with E-state index in [1.54, 1.807) is 36.4 Å². The van der Waals surface area contributed by atoms with Crippen molar-refractivity contribution in [2.75, 3.05) is 0 Å². The predicted octanol–water partition coefficient (Wildman–Crippen LogP) is 6.32. The summed E-state index contributed by atoms with van der Waals surface area (Å²) in [6.07, 6.45) is 1.76. The monoisotopic (exact) mass is 402 g/mol. The molecule has 4 heteroatoms. The third-order valence-electron chi connectivity index (χ3n) is 5.03. The number of benzene rings is 3. The third-order valence-corrected chi connectivity index (χ3v) is 5.03. The van der Waals surface area contributed by atoms with Crippen molar-refractivity contribution in [3.8, 4) is 11.5 Å². The Bertz CT molecular complexity index is 1100. The summed E-state index contributed by atoms with van der Waals surface area (Å²) < 4.78 is 24.6. The average molecular weight is 402 g/mol. The fourth-order valence-corrected chi connectivity index (χ4v) is 3.24. The molecular weight excluding hydrogens is 379 g/mol. The molecular formula is C26H23FO3. The first-order chi connectivity index (χ1) is 14.3. The van der Waals surface area contributed by atoms with Crippen LogP contribution < -0.4 is 9.47 Å². The summed E-state index contributed by atoms with van der Waals surface area (Å²) in [6.45, 7) is 6.79. The van der Waals surface area contributed by atoms with Crippen LogP contribution in [0.15, 0.2) is 72.5 Å². The number of fused-ring (bicyclic) bond motifs is 1. The Morgan fingerprint density at radius 1 is 0.967 bits per heavy atom. The molecule has 0 unspecified atom stereocenters. The van der Waals surface area contributed by atoms with Crippen LogP contribution in [0.2, 0.25) is 0 Å². The topological polar surface area (TPSA) is 35.5 Å². The van der Waals surface area contributed by atoms with Crippen molar-refractivity contribution in [3.05, 3.63) is 101 Å². The molecule has 0 spiro atoms. The SMILES string of the molecule is CC(C)(C)c1ccc(C=C2Oc3cc(OCc4ccc(F)cc4)ccc3C2=O)cc1. The number of carbonyl (C=O) groups is 1. The third kappa shape index (κ3) is 4.28. The first kappa shape index (κ1) is 19.9. The number of hydrogen-bond donors (Lipinski definition) is 0. The highest BCUT2D eigenvalue weighted by Crippen LogP contribution is 2.35. The quantitative estimate of drug-likeness (QED) is 0.479. The van der Waals surface area contributed by atoms with Crippen molar-refractivity contribution in [3.63, 3.8) is 0 Å². The van der Waals surface area contributed by atoms with E-state index in [0.29, 0.717) is 29.4 Å². The van der Waals surface area contributed by atoms with Crippen LogP contribution in [0, 0.1) is 5.82 Å². The Labute approximate surface area is 175 Å². The molecule has 0 saturated heterocycles. The Morgan fingerprint density at radius 3 is 2.33 bits per heavy atom. The van der Waals surface area contributed by atoms with Gasteiger partial charge in [-0.15, -0.1) is 0 Å². The zero-order chi connectivity index (χ0) is 21.3. The maximum absolute atomic E-state index is 13.0. The fraction of sp³-hybridized carbons (Fsp3) is 0.192. The summed E-state index contributed by atoms with van der Waals surface area (Å²) in [6, 6.07) is 19.4. The lowest BCUT2D eigenvalue weighted by molar-refractivity contribution is 0.101. The number of carbonyl (C=O) groups excluding carboxylic acids is 1. The maximum Gasteiger partial charge on any atom is 0.231 e. The van der Waals surface area contributed by atoms with E-state index in [9.17, 15) is 9.18 Å². The molecule has 0 aliphatic carbocycles. The second kappa shape index (κ2) is 7.79. The molecule has 4 rings (SSSR count). The van der Waals surface area contributed by atoms with Crippen molar-refractivity contribution < 1.29 is 18.7 Å². The van der Waals surface area contributed by atoms with E-state index in [1.807, 2.05) is 12.1 Å². The molecule has 0 atom stereocenters. The Hall–Kier alpha value is -3.40. The number of halogens is 1. The van der Waals surface area contributed by atoms with Gasteiger partial charge < -0.3 is 9.47 Å². The van der Waals surface area contributed by atoms with Gasteiger partial charge in [0.1, 0.15) is 23.9 Å². The Kier molecular flexibility index (Phi) is 5.17.